The van der Waals surface area contributed by atoms with Crippen LogP contribution in [0.2, 0.25) is 0 Å². The van der Waals surface area contributed by atoms with E-state index in [0.717, 1.165) is 17.1 Å². The highest BCUT2D eigenvalue weighted by atomic mass is 16.3. The third-order valence-corrected chi connectivity index (χ3v) is 5.40. The van der Waals surface area contributed by atoms with Crippen LogP contribution in [-0.2, 0) is 0 Å². The van der Waals surface area contributed by atoms with Crippen LogP contribution < -0.4 is 0 Å². The Labute approximate surface area is 216 Å². The summed E-state index contributed by atoms with van der Waals surface area (Å²) in [5.74, 6) is 0.280. The lowest BCUT2D eigenvalue weighted by Crippen LogP contribution is -2.31. The number of rotatable bonds is 12. The van der Waals surface area contributed by atoms with Crippen LogP contribution in [0.25, 0.3) is 0 Å². The minimum Gasteiger partial charge on any atom is -0.506 e. The summed E-state index contributed by atoms with van der Waals surface area (Å²) in [6.45, 7) is 9.03. The van der Waals surface area contributed by atoms with Crippen molar-refractivity contribution in [3.05, 3.63) is 70.6 Å². The zero-order chi connectivity index (χ0) is 26.6. The van der Waals surface area contributed by atoms with E-state index in [1.807, 2.05) is 20.8 Å². The van der Waals surface area contributed by atoms with Gasteiger partial charge in [-0.15, -0.1) is 0 Å². The molecule has 10 heteroatoms. The fourth-order valence-corrected chi connectivity index (χ4v) is 3.38. The van der Waals surface area contributed by atoms with Gasteiger partial charge in [-0.1, -0.05) is 0 Å². The Morgan fingerprint density at radius 1 is 0.568 bits per heavy atom. The lowest BCUT2D eigenvalue weighted by molar-refractivity contribution is 0.298. The third kappa shape index (κ3) is 9.08. The monoisotopic (exact) mass is 503 g/mol. The van der Waals surface area contributed by atoms with Crippen molar-refractivity contribution in [2.45, 2.75) is 20.8 Å². The highest BCUT2D eigenvalue weighted by Gasteiger charge is 2.06. The molecule has 0 aliphatic rings. The summed E-state index contributed by atoms with van der Waals surface area (Å²) in [6, 6.07) is 10.0. The number of pyridine rings is 3. The van der Waals surface area contributed by atoms with Crippen molar-refractivity contribution >= 4 is 18.6 Å². The first-order valence-corrected chi connectivity index (χ1v) is 12.0. The number of aromatic nitrogens is 3. The van der Waals surface area contributed by atoms with Crippen molar-refractivity contribution in [1.29, 1.82) is 0 Å². The molecule has 3 N–H and O–H groups in total. The Bertz CT molecular complexity index is 1120. The van der Waals surface area contributed by atoms with Crippen LogP contribution in [0.5, 0.6) is 17.2 Å². The molecule has 0 unspecified atom stereocenters. The van der Waals surface area contributed by atoms with E-state index in [0.29, 0.717) is 56.4 Å². The van der Waals surface area contributed by atoms with Gasteiger partial charge in [0.2, 0.25) is 0 Å². The van der Waals surface area contributed by atoms with E-state index >= 15 is 0 Å². The fourth-order valence-electron chi connectivity index (χ4n) is 3.38. The van der Waals surface area contributed by atoms with Gasteiger partial charge in [0.15, 0.2) is 0 Å². The highest BCUT2D eigenvalue weighted by molar-refractivity contribution is 5.81. The Hall–Kier alpha value is -4.18. The summed E-state index contributed by atoms with van der Waals surface area (Å²) in [5, 5.41) is 29.8. The summed E-state index contributed by atoms with van der Waals surface area (Å²) < 4.78 is 0. The van der Waals surface area contributed by atoms with Crippen LogP contribution >= 0.6 is 0 Å². The summed E-state index contributed by atoms with van der Waals surface area (Å²) >= 11 is 0. The van der Waals surface area contributed by atoms with Crippen LogP contribution in [0, 0.1) is 20.8 Å². The number of aryl methyl sites for hydroxylation is 3. The molecule has 0 fully saturated rings. The van der Waals surface area contributed by atoms with Gasteiger partial charge in [-0.2, -0.15) is 0 Å². The van der Waals surface area contributed by atoms with Gasteiger partial charge < -0.3 is 15.3 Å². The van der Waals surface area contributed by atoms with Crippen molar-refractivity contribution in [1.82, 2.24) is 19.9 Å². The average Bonchev–Trinajstić information content (AvgIpc) is 2.87. The van der Waals surface area contributed by atoms with Crippen LogP contribution in [-0.4, -0.2) is 93.1 Å². The molecule has 0 atom stereocenters. The lowest BCUT2D eigenvalue weighted by Gasteiger charge is -2.19. The zero-order valence-corrected chi connectivity index (χ0v) is 21.4. The van der Waals surface area contributed by atoms with Crippen LogP contribution in [0.1, 0.15) is 34.2 Å². The number of aliphatic imine (C=N–C) groups is 3. The van der Waals surface area contributed by atoms with E-state index in [2.05, 4.69) is 34.8 Å². The lowest BCUT2D eigenvalue weighted by atomic mass is 10.3. The van der Waals surface area contributed by atoms with Crippen molar-refractivity contribution in [2.75, 3.05) is 39.3 Å². The average molecular weight is 504 g/mol. The molecule has 10 nitrogen and oxygen atoms in total. The molecule has 3 aromatic heterocycles. The van der Waals surface area contributed by atoms with Crippen molar-refractivity contribution in [3.63, 3.8) is 0 Å². The van der Waals surface area contributed by atoms with E-state index in [4.69, 9.17) is 0 Å². The maximum atomic E-state index is 9.95. The summed E-state index contributed by atoms with van der Waals surface area (Å²) in [5.41, 5.74) is 3.74. The summed E-state index contributed by atoms with van der Waals surface area (Å²) in [7, 11) is 0. The molecule has 0 aliphatic carbocycles. The molecule has 0 aliphatic heterocycles. The molecular formula is C27H33N7O3. The maximum absolute atomic E-state index is 9.95. The van der Waals surface area contributed by atoms with Crippen LogP contribution in [0.3, 0.4) is 0 Å². The van der Waals surface area contributed by atoms with E-state index in [1.165, 1.54) is 0 Å². The molecule has 3 aromatic rings. The molecule has 0 bridgehead atoms. The van der Waals surface area contributed by atoms with Gasteiger partial charge >= 0.3 is 0 Å². The van der Waals surface area contributed by atoms with Crippen molar-refractivity contribution in [3.8, 4) is 17.2 Å². The molecule has 0 saturated heterocycles. The molecule has 3 rings (SSSR count). The van der Waals surface area contributed by atoms with E-state index < -0.39 is 0 Å². The van der Waals surface area contributed by atoms with E-state index in [9.17, 15) is 15.3 Å². The Morgan fingerprint density at radius 3 is 1.16 bits per heavy atom. The van der Waals surface area contributed by atoms with Gasteiger partial charge in [-0.05, 0) is 57.2 Å². The van der Waals surface area contributed by atoms with Gasteiger partial charge in [-0.25, -0.2) is 15.0 Å². The molecule has 0 amide bonds. The summed E-state index contributed by atoms with van der Waals surface area (Å²) in [4.78, 5) is 28.3. The van der Waals surface area contributed by atoms with Gasteiger partial charge in [-0.3, -0.25) is 19.9 Å². The molecule has 0 saturated carbocycles. The van der Waals surface area contributed by atoms with Crippen LogP contribution in [0.4, 0.5) is 0 Å². The normalized spacial score (nSPS) is 12.0. The molecular weight excluding hydrogens is 470 g/mol. The number of hydrogen-bond donors (Lipinski definition) is 3. The Balaban J connectivity index is 1.59. The minimum atomic E-state index is 0.0934. The highest BCUT2D eigenvalue weighted by Crippen LogP contribution is 2.14. The maximum Gasteiger partial charge on any atom is 0.142 e. The zero-order valence-electron chi connectivity index (χ0n) is 21.4. The predicted molar refractivity (Wildman–Crippen MR) is 146 cm³/mol. The van der Waals surface area contributed by atoms with Crippen molar-refractivity contribution in [2.24, 2.45) is 15.0 Å². The SMILES string of the molecule is Cc1ccc(O)c(/C=N/CCN(CC/N=C/c2nc(C)ccc2O)CC/N=C/c2nc(C)ccc2O)n1. The minimum absolute atomic E-state index is 0.0934. The summed E-state index contributed by atoms with van der Waals surface area (Å²) in [6.07, 6.45) is 4.74. The van der Waals surface area contributed by atoms with Gasteiger partial charge in [0, 0.05) is 36.7 Å². The number of aromatic hydroxyl groups is 3. The number of nitrogens with zero attached hydrogens (tertiary/aromatic N) is 7. The van der Waals surface area contributed by atoms with Crippen LogP contribution in [0.15, 0.2) is 51.4 Å². The predicted octanol–water partition coefficient (Wildman–Crippen LogP) is 2.87. The second-order valence-corrected chi connectivity index (χ2v) is 8.52. The van der Waals surface area contributed by atoms with E-state index in [1.54, 1.807) is 55.0 Å². The van der Waals surface area contributed by atoms with E-state index in [-0.39, 0.29) is 17.2 Å². The molecule has 3 heterocycles. The second-order valence-electron chi connectivity index (χ2n) is 8.52. The Morgan fingerprint density at radius 2 is 0.865 bits per heavy atom. The first kappa shape index (κ1) is 27.4. The molecule has 194 valence electrons. The molecule has 0 spiro atoms. The van der Waals surface area contributed by atoms with Gasteiger partial charge in [0.25, 0.3) is 0 Å². The molecule has 0 aromatic carbocycles. The van der Waals surface area contributed by atoms with Crippen molar-refractivity contribution < 1.29 is 15.3 Å². The fraction of sp³-hybridized carbons (Fsp3) is 0.333. The first-order chi connectivity index (χ1) is 17.8. The quantitative estimate of drug-likeness (QED) is 0.323. The standard InChI is InChI=1S/C27H33N7O3/c1-19-4-7-25(35)22(31-19)16-28-10-13-34(14-11-29-17-23-26(36)8-5-20(2)32-23)15-12-30-18-24-27(37)9-6-21(3)33-24/h4-9,16-18,35-37H,10-15H2,1-3H3/b28-16+,29-17+,30-18+. The largest absolute Gasteiger partial charge is 0.506 e. The molecule has 0 radical (unpaired) electrons. The van der Waals surface area contributed by atoms with Gasteiger partial charge in [0.1, 0.15) is 34.3 Å². The number of hydrogen-bond acceptors (Lipinski definition) is 10. The smallest absolute Gasteiger partial charge is 0.142 e. The van der Waals surface area contributed by atoms with Gasteiger partial charge in [0.05, 0.1) is 38.3 Å². The first-order valence-electron chi connectivity index (χ1n) is 12.0. The third-order valence-electron chi connectivity index (χ3n) is 5.40. The Kier molecular flexibility index (Phi) is 10.2. The molecule has 37 heavy (non-hydrogen) atoms. The topological polar surface area (TPSA) is 140 Å². The second kappa shape index (κ2) is 13.8.